The minimum atomic E-state index is -0.564. The van der Waals surface area contributed by atoms with Crippen molar-refractivity contribution in [2.45, 2.75) is 36.6 Å². The van der Waals surface area contributed by atoms with Crippen molar-refractivity contribution in [1.82, 2.24) is 4.90 Å². The maximum atomic E-state index is 13.8. The highest BCUT2D eigenvalue weighted by atomic mass is 79.9. The summed E-state index contributed by atoms with van der Waals surface area (Å²) < 4.78 is 13.8. The molecule has 1 aliphatic carbocycles. The van der Waals surface area contributed by atoms with Gasteiger partial charge in [0.2, 0.25) is 0 Å². The van der Waals surface area contributed by atoms with Gasteiger partial charge in [-0.1, -0.05) is 46.4 Å². The largest absolute Gasteiger partial charge is 0.337 e. The molecule has 0 bridgehead atoms. The van der Waals surface area contributed by atoms with Crippen LogP contribution in [-0.2, 0) is 0 Å². The maximum absolute atomic E-state index is 13.8. The molecule has 1 amide bonds. The summed E-state index contributed by atoms with van der Waals surface area (Å²) in [5, 5.41) is 0.166. The van der Waals surface area contributed by atoms with E-state index in [1.165, 1.54) is 18.2 Å². The van der Waals surface area contributed by atoms with Crippen molar-refractivity contribution in [1.29, 1.82) is 0 Å². The van der Waals surface area contributed by atoms with Crippen LogP contribution in [0.3, 0.4) is 0 Å². The number of alkyl halides is 1. The molecule has 2 nitrogen and oxygen atoms in total. The predicted octanol–water partition coefficient (Wildman–Crippen LogP) is 4.26. The van der Waals surface area contributed by atoms with Crippen LogP contribution in [0.25, 0.3) is 0 Å². The normalized spacial score (nSPS) is 23.2. The molecule has 1 fully saturated rings. The average molecular weight is 349 g/mol. The van der Waals surface area contributed by atoms with Crippen molar-refractivity contribution in [3.8, 4) is 0 Å². The molecule has 0 heterocycles. The summed E-state index contributed by atoms with van der Waals surface area (Å²) in [6.45, 7) is 0. The standard InChI is InChI=1S/C14H16BrClFNO/c1-18(12-8-3-2-5-9(12)15)14(19)13-10(16)6-4-7-11(13)17/h4,6-7,9,12H,2-3,5,8H2,1H3. The second-order valence-corrected chi connectivity index (χ2v) is 6.46. The van der Waals surface area contributed by atoms with Gasteiger partial charge in [-0.05, 0) is 25.0 Å². The van der Waals surface area contributed by atoms with Crippen LogP contribution < -0.4 is 0 Å². The summed E-state index contributed by atoms with van der Waals surface area (Å²) in [5.74, 6) is -0.911. The minimum absolute atomic E-state index is 0.0306. The van der Waals surface area contributed by atoms with Gasteiger partial charge in [0.15, 0.2) is 0 Å². The highest BCUT2D eigenvalue weighted by Gasteiger charge is 2.31. The Balaban J connectivity index is 2.23. The van der Waals surface area contributed by atoms with E-state index in [9.17, 15) is 9.18 Å². The summed E-state index contributed by atoms with van der Waals surface area (Å²) in [6.07, 6.45) is 4.22. The Morgan fingerprint density at radius 3 is 2.74 bits per heavy atom. The van der Waals surface area contributed by atoms with E-state index in [1.54, 1.807) is 11.9 Å². The van der Waals surface area contributed by atoms with Gasteiger partial charge < -0.3 is 4.90 Å². The zero-order valence-electron chi connectivity index (χ0n) is 10.7. The van der Waals surface area contributed by atoms with Crippen molar-refractivity contribution in [3.05, 3.63) is 34.6 Å². The second kappa shape index (κ2) is 6.23. The SMILES string of the molecule is CN(C(=O)c1c(F)cccc1Cl)C1CCCCC1Br. The molecule has 1 aliphatic rings. The number of rotatable bonds is 2. The molecule has 0 spiro atoms. The summed E-state index contributed by atoms with van der Waals surface area (Å²) in [6, 6.07) is 4.40. The molecule has 2 rings (SSSR count). The molecule has 19 heavy (non-hydrogen) atoms. The number of hydrogen-bond acceptors (Lipinski definition) is 1. The lowest BCUT2D eigenvalue weighted by molar-refractivity contribution is 0.0700. The first-order valence-corrected chi connectivity index (χ1v) is 7.67. The zero-order chi connectivity index (χ0) is 14.0. The van der Waals surface area contributed by atoms with E-state index in [0.29, 0.717) is 0 Å². The number of nitrogens with zero attached hydrogens (tertiary/aromatic N) is 1. The Morgan fingerprint density at radius 1 is 1.42 bits per heavy atom. The molecule has 2 atom stereocenters. The number of hydrogen-bond donors (Lipinski definition) is 0. The van der Waals surface area contributed by atoms with Gasteiger partial charge in [0, 0.05) is 17.9 Å². The maximum Gasteiger partial charge on any atom is 0.258 e. The van der Waals surface area contributed by atoms with Crippen LogP contribution in [0, 0.1) is 5.82 Å². The van der Waals surface area contributed by atoms with Gasteiger partial charge >= 0.3 is 0 Å². The molecule has 1 aromatic rings. The molecule has 0 saturated heterocycles. The van der Waals surface area contributed by atoms with Crippen LogP contribution in [0.2, 0.25) is 5.02 Å². The zero-order valence-corrected chi connectivity index (χ0v) is 13.0. The van der Waals surface area contributed by atoms with Crippen LogP contribution in [0.5, 0.6) is 0 Å². The molecule has 5 heteroatoms. The summed E-state index contributed by atoms with van der Waals surface area (Å²) in [7, 11) is 1.72. The van der Waals surface area contributed by atoms with Gasteiger partial charge in [0.1, 0.15) is 5.82 Å². The van der Waals surface area contributed by atoms with Crippen molar-refractivity contribution in [2.75, 3.05) is 7.05 Å². The van der Waals surface area contributed by atoms with Crippen molar-refractivity contribution >= 4 is 33.4 Å². The van der Waals surface area contributed by atoms with E-state index in [0.717, 1.165) is 25.7 Å². The Bertz CT molecular complexity index is 462. The first kappa shape index (κ1) is 14.8. The number of halogens is 3. The van der Waals surface area contributed by atoms with E-state index >= 15 is 0 Å². The fraction of sp³-hybridized carbons (Fsp3) is 0.500. The predicted molar refractivity (Wildman–Crippen MR) is 78.5 cm³/mol. The molecule has 104 valence electrons. The first-order valence-electron chi connectivity index (χ1n) is 6.37. The molecule has 0 radical (unpaired) electrons. The lowest BCUT2D eigenvalue weighted by atomic mass is 9.94. The van der Waals surface area contributed by atoms with Crippen LogP contribution in [0.1, 0.15) is 36.0 Å². The van der Waals surface area contributed by atoms with Crippen LogP contribution in [-0.4, -0.2) is 28.7 Å². The molecule has 0 aliphatic heterocycles. The van der Waals surface area contributed by atoms with Crippen molar-refractivity contribution in [3.63, 3.8) is 0 Å². The number of amides is 1. The third-order valence-corrected chi connectivity index (χ3v) is 5.02. The summed E-state index contributed by atoms with van der Waals surface area (Å²) in [5.41, 5.74) is -0.0306. The average Bonchev–Trinajstić information content (AvgIpc) is 2.38. The lowest BCUT2D eigenvalue weighted by Crippen LogP contribution is -2.44. The Labute approximate surface area is 126 Å². The minimum Gasteiger partial charge on any atom is -0.337 e. The van der Waals surface area contributed by atoms with Crippen LogP contribution in [0.15, 0.2) is 18.2 Å². The quantitative estimate of drug-likeness (QED) is 0.731. The first-order chi connectivity index (χ1) is 9.02. The second-order valence-electron chi connectivity index (χ2n) is 4.88. The molecule has 0 aromatic heterocycles. The van der Waals surface area contributed by atoms with E-state index in [1.807, 2.05) is 0 Å². The molecule has 1 aromatic carbocycles. The topological polar surface area (TPSA) is 20.3 Å². The number of carbonyl (C=O) groups excluding carboxylic acids is 1. The highest BCUT2D eigenvalue weighted by molar-refractivity contribution is 9.09. The van der Waals surface area contributed by atoms with E-state index in [2.05, 4.69) is 15.9 Å². The van der Waals surface area contributed by atoms with E-state index < -0.39 is 5.82 Å². The Morgan fingerprint density at radius 2 is 2.11 bits per heavy atom. The fourth-order valence-electron chi connectivity index (χ4n) is 2.53. The summed E-state index contributed by atoms with van der Waals surface area (Å²) in [4.78, 5) is 14.3. The van der Waals surface area contributed by atoms with Gasteiger partial charge in [-0.15, -0.1) is 0 Å². The van der Waals surface area contributed by atoms with E-state index in [-0.39, 0.29) is 27.4 Å². The molecule has 2 unspecified atom stereocenters. The van der Waals surface area contributed by atoms with Gasteiger partial charge in [-0.25, -0.2) is 4.39 Å². The fourth-order valence-corrected chi connectivity index (χ4v) is 3.72. The Hall–Kier alpha value is -0.610. The van der Waals surface area contributed by atoms with Gasteiger partial charge in [0.05, 0.1) is 10.6 Å². The molecule has 1 saturated carbocycles. The van der Waals surface area contributed by atoms with E-state index in [4.69, 9.17) is 11.6 Å². The number of benzene rings is 1. The van der Waals surface area contributed by atoms with Crippen molar-refractivity contribution in [2.24, 2.45) is 0 Å². The van der Waals surface area contributed by atoms with Crippen molar-refractivity contribution < 1.29 is 9.18 Å². The van der Waals surface area contributed by atoms with Gasteiger partial charge in [0.25, 0.3) is 5.91 Å². The molecule has 0 N–H and O–H groups in total. The number of carbonyl (C=O) groups is 1. The monoisotopic (exact) mass is 347 g/mol. The summed E-state index contributed by atoms with van der Waals surface area (Å²) >= 11 is 9.56. The third kappa shape index (κ3) is 3.11. The highest BCUT2D eigenvalue weighted by Crippen LogP contribution is 2.30. The Kier molecular flexibility index (Phi) is 4.85. The molecular formula is C14H16BrClFNO. The third-order valence-electron chi connectivity index (χ3n) is 3.64. The van der Waals surface area contributed by atoms with Crippen LogP contribution >= 0.6 is 27.5 Å². The molecular weight excluding hydrogens is 333 g/mol. The smallest absolute Gasteiger partial charge is 0.258 e. The van der Waals surface area contributed by atoms with Crippen LogP contribution in [0.4, 0.5) is 4.39 Å². The van der Waals surface area contributed by atoms with Gasteiger partial charge in [-0.2, -0.15) is 0 Å². The lowest BCUT2D eigenvalue weighted by Gasteiger charge is -2.35. The van der Waals surface area contributed by atoms with Gasteiger partial charge in [-0.3, -0.25) is 4.79 Å².